The first-order valence-electron chi connectivity index (χ1n) is 9.53. The SMILES string of the molecule is COCC(=O)N1CC[C@@H](c2ncc(C(=O)NCc3cccc(OC)c3)c(C)n2)C1. The maximum absolute atomic E-state index is 12.6. The van der Waals surface area contributed by atoms with E-state index in [4.69, 9.17) is 9.47 Å². The fourth-order valence-electron chi connectivity index (χ4n) is 3.38. The van der Waals surface area contributed by atoms with Crippen LogP contribution in [0, 0.1) is 6.92 Å². The fraction of sp³-hybridized carbons (Fsp3) is 0.429. The van der Waals surface area contributed by atoms with Crippen molar-refractivity contribution in [1.29, 1.82) is 0 Å². The number of carbonyl (C=O) groups is 2. The summed E-state index contributed by atoms with van der Waals surface area (Å²) in [4.78, 5) is 35.2. The van der Waals surface area contributed by atoms with Crippen LogP contribution in [0.5, 0.6) is 5.75 Å². The summed E-state index contributed by atoms with van der Waals surface area (Å²) < 4.78 is 10.1. The van der Waals surface area contributed by atoms with Crippen LogP contribution in [0.1, 0.15) is 39.8 Å². The summed E-state index contributed by atoms with van der Waals surface area (Å²) in [6, 6.07) is 7.54. The molecule has 1 fully saturated rings. The summed E-state index contributed by atoms with van der Waals surface area (Å²) in [6.07, 6.45) is 2.37. The summed E-state index contributed by atoms with van der Waals surface area (Å²) >= 11 is 0. The van der Waals surface area contributed by atoms with E-state index in [1.807, 2.05) is 24.3 Å². The third-order valence-corrected chi connectivity index (χ3v) is 5.00. The van der Waals surface area contributed by atoms with E-state index in [-0.39, 0.29) is 24.3 Å². The number of carbonyl (C=O) groups excluding carboxylic acids is 2. The number of nitrogens with one attached hydrogen (secondary N) is 1. The van der Waals surface area contributed by atoms with Crippen molar-refractivity contribution in [3.8, 4) is 5.75 Å². The van der Waals surface area contributed by atoms with Crippen molar-refractivity contribution in [2.24, 2.45) is 0 Å². The molecule has 0 aliphatic carbocycles. The van der Waals surface area contributed by atoms with Gasteiger partial charge in [0.25, 0.3) is 5.91 Å². The molecule has 2 aromatic rings. The number of methoxy groups -OCH3 is 2. The van der Waals surface area contributed by atoms with Gasteiger partial charge in [0, 0.05) is 38.9 Å². The maximum atomic E-state index is 12.6. The second-order valence-corrected chi connectivity index (χ2v) is 7.02. The number of aromatic nitrogens is 2. The van der Waals surface area contributed by atoms with E-state index in [9.17, 15) is 9.59 Å². The van der Waals surface area contributed by atoms with Gasteiger partial charge in [-0.1, -0.05) is 12.1 Å². The molecule has 0 spiro atoms. The number of hydrogen-bond donors (Lipinski definition) is 1. The highest BCUT2D eigenvalue weighted by atomic mass is 16.5. The molecular weight excluding hydrogens is 372 g/mol. The van der Waals surface area contributed by atoms with E-state index in [2.05, 4.69) is 15.3 Å². The lowest BCUT2D eigenvalue weighted by atomic mass is 10.1. The van der Waals surface area contributed by atoms with Crippen molar-refractivity contribution in [2.45, 2.75) is 25.8 Å². The van der Waals surface area contributed by atoms with E-state index in [1.54, 1.807) is 25.1 Å². The minimum absolute atomic E-state index is 0.0275. The molecule has 1 N–H and O–H groups in total. The second kappa shape index (κ2) is 9.47. The fourth-order valence-corrected chi connectivity index (χ4v) is 3.38. The first-order chi connectivity index (χ1) is 14.0. The Morgan fingerprint density at radius 2 is 2.14 bits per heavy atom. The molecule has 2 heterocycles. The maximum Gasteiger partial charge on any atom is 0.254 e. The Labute approximate surface area is 170 Å². The zero-order valence-electron chi connectivity index (χ0n) is 17.0. The second-order valence-electron chi connectivity index (χ2n) is 7.02. The van der Waals surface area contributed by atoms with Gasteiger partial charge in [-0.25, -0.2) is 9.97 Å². The summed E-state index contributed by atoms with van der Waals surface area (Å²) in [5, 5.41) is 2.89. The molecular formula is C21H26N4O4. The Hall–Kier alpha value is -3.00. The average molecular weight is 398 g/mol. The molecule has 29 heavy (non-hydrogen) atoms. The van der Waals surface area contributed by atoms with Crippen molar-refractivity contribution >= 4 is 11.8 Å². The largest absolute Gasteiger partial charge is 0.497 e. The predicted molar refractivity (Wildman–Crippen MR) is 107 cm³/mol. The van der Waals surface area contributed by atoms with Gasteiger partial charge in [-0.05, 0) is 31.0 Å². The van der Waals surface area contributed by atoms with Crippen LogP contribution in [-0.2, 0) is 16.1 Å². The molecule has 154 valence electrons. The molecule has 0 unspecified atom stereocenters. The van der Waals surface area contributed by atoms with Crippen LogP contribution in [0.3, 0.4) is 0 Å². The lowest BCUT2D eigenvalue weighted by Crippen LogP contribution is -2.31. The number of hydrogen-bond acceptors (Lipinski definition) is 6. The van der Waals surface area contributed by atoms with Gasteiger partial charge in [0.05, 0.1) is 18.4 Å². The monoisotopic (exact) mass is 398 g/mol. The average Bonchev–Trinajstić information content (AvgIpc) is 3.23. The van der Waals surface area contributed by atoms with Crippen LogP contribution in [-0.4, -0.2) is 60.6 Å². The van der Waals surface area contributed by atoms with Gasteiger partial charge in [-0.3, -0.25) is 9.59 Å². The van der Waals surface area contributed by atoms with Crippen LogP contribution < -0.4 is 10.1 Å². The standard InChI is InChI=1S/C21H26N4O4/c1-14-18(21(27)23-10-15-5-4-6-17(9-15)29-3)11-22-20(24-14)16-7-8-25(12-16)19(26)13-28-2/h4-6,9,11,16H,7-8,10,12-13H2,1-3H3,(H,23,27)/t16-/m1/s1. The number of rotatable bonds is 7. The van der Waals surface area contributed by atoms with Gasteiger partial charge in [0.2, 0.25) is 5.91 Å². The Morgan fingerprint density at radius 3 is 2.86 bits per heavy atom. The zero-order chi connectivity index (χ0) is 20.8. The van der Waals surface area contributed by atoms with Gasteiger partial charge in [-0.15, -0.1) is 0 Å². The molecule has 2 amide bonds. The van der Waals surface area contributed by atoms with Crippen molar-refractivity contribution in [2.75, 3.05) is 33.9 Å². The number of ether oxygens (including phenoxy) is 2. The summed E-state index contributed by atoms with van der Waals surface area (Å²) in [6.45, 7) is 3.50. The van der Waals surface area contributed by atoms with E-state index in [0.717, 1.165) is 17.7 Å². The highest BCUT2D eigenvalue weighted by Crippen LogP contribution is 2.25. The van der Waals surface area contributed by atoms with Crippen LogP contribution in [0.4, 0.5) is 0 Å². The minimum Gasteiger partial charge on any atom is -0.497 e. The molecule has 1 aliphatic heterocycles. The van der Waals surface area contributed by atoms with Gasteiger partial charge >= 0.3 is 0 Å². The van der Waals surface area contributed by atoms with Gasteiger partial charge < -0.3 is 19.7 Å². The molecule has 0 saturated carbocycles. The van der Waals surface area contributed by atoms with Crippen LogP contribution in [0.2, 0.25) is 0 Å². The van der Waals surface area contributed by atoms with Gasteiger partial charge in [0.1, 0.15) is 18.2 Å². The Kier molecular flexibility index (Phi) is 6.77. The van der Waals surface area contributed by atoms with E-state index >= 15 is 0 Å². The summed E-state index contributed by atoms with van der Waals surface area (Å²) in [7, 11) is 3.12. The molecule has 3 rings (SSSR count). The quantitative estimate of drug-likeness (QED) is 0.763. The highest BCUT2D eigenvalue weighted by molar-refractivity contribution is 5.94. The molecule has 1 saturated heterocycles. The number of aryl methyl sites for hydroxylation is 1. The number of amides is 2. The molecule has 0 bridgehead atoms. The third-order valence-electron chi connectivity index (χ3n) is 5.00. The van der Waals surface area contributed by atoms with E-state index in [0.29, 0.717) is 36.7 Å². The van der Waals surface area contributed by atoms with Crippen molar-refractivity contribution in [3.05, 3.63) is 53.1 Å². The molecule has 0 radical (unpaired) electrons. The van der Waals surface area contributed by atoms with Crippen LogP contribution >= 0.6 is 0 Å². The topological polar surface area (TPSA) is 93.7 Å². The lowest BCUT2D eigenvalue weighted by molar-refractivity contribution is -0.134. The first kappa shape index (κ1) is 20.7. The molecule has 1 aromatic carbocycles. The predicted octanol–water partition coefficient (Wildman–Crippen LogP) is 1.69. The van der Waals surface area contributed by atoms with Crippen molar-refractivity contribution in [3.63, 3.8) is 0 Å². The van der Waals surface area contributed by atoms with Crippen molar-refractivity contribution < 1.29 is 19.1 Å². The van der Waals surface area contributed by atoms with Gasteiger partial charge in [-0.2, -0.15) is 0 Å². The number of nitrogens with zero attached hydrogens (tertiary/aromatic N) is 3. The molecule has 8 nitrogen and oxygen atoms in total. The number of benzene rings is 1. The third kappa shape index (κ3) is 5.08. The summed E-state index contributed by atoms with van der Waals surface area (Å²) in [5.41, 5.74) is 2.02. The molecule has 1 aromatic heterocycles. The van der Waals surface area contributed by atoms with Gasteiger partial charge in [0.15, 0.2) is 0 Å². The smallest absolute Gasteiger partial charge is 0.254 e. The zero-order valence-corrected chi connectivity index (χ0v) is 17.0. The Balaban J connectivity index is 1.61. The Bertz CT molecular complexity index is 887. The Morgan fingerprint density at radius 1 is 1.31 bits per heavy atom. The normalized spacial score (nSPS) is 16.0. The summed E-state index contributed by atoms with van der Waals surface area (Å²) in [5.74, 6) is 1.23. The highest BCUT2D eigenvalue weighted by Gasteiger charge is 2.29. The van der Waals surface area contributed by atoms with E-state index in [1.165, 1.54) is 7.11 Å². The molecule has 1 aliphatic rings. The van der Waals surface area contributed by atoms with Crippen LogP contribution in [0.25, 0.3) is 0 Å². The molecule has 1 atom stereocenters. The minimum atomic E-state index is -0.222. The van der Waals surface area contributed by atoms with E-state index < -0.39 is 0 Å². The molecule has 8 heteroatoms. The van der Waals surface area contributed by atoms with Crippen LogP contribution in [0.15, 0.2) is 30.5 Å². The lowest BCUT2D eigenvalue weighted by Gasteiger charge is -2.16. The first-order valence-corrected chi connectivity index (χ1v) is 9.53. The van der Waals surface area contributed by atoms with Crippen molar-refractivity contribution in [1.82, 2.24) is 20.2 Å². The number of likely N-dealkylation sites (tertiary alicyclic amines) is 1.